The predicted octanol–water partition coefficient (Wildman–Crippen LogP) is 1.74. The van der Waals surface area contributed by atoms with Crippen LogP contribution in [0.1, 0.15) is 34.8 Å². The molecule has 3 rings (SSSR count). The lowest BCUT2D eigenvalue weighted by atomic mass is 10.1. The zero-order valence-electron chi connectivity index (χ0n) is 10.8. The van der Waals surface area contributed by atoms with E-state index >= 15 is 0 Å². The van der Waals surface area contributed by atoms with E-state index in [-0.39, 0.29) is 18.0 Å². The number of carbonyl (C=O) groups is 1. The monoisotopic (exact) mass is 267 g/mol. The molecular weight excluding hydrogens is 254 g/mol. The van der Waals surface area contributed by atoms with E-state index in [0.717, 1.165) is 12.8 Å². The largest absolute Gasteiger partial charge is 0.328 e. The highest BCUT2D eigenvalue weighted by atomic mass is 16.2. The molecule has 1 aliphatic rings. The van der Waals surface area contributed by atoms with Gasteiger partial charge in [0.1, 0.15) is 0 Å². The SMILES string of the molecule is N#Cc1ccc(C(=O)Cn2ccn(C3CC3)c2=O)cc1. The third-order valence-electron chi connectivity index (χ3n) is 3.46. The van der Waals surface area contributed by atoms with Crippen LogP contribution in [0.15, 0.2) is 41.5 Å². The van der Waals surface area contributed by atoms with Gasteiger partial charge < -0.3 is 0 Å². The Balaban J connectivity index is 1.78. The Bertz CT molecular complexity index is 743. The first-order chi connectivity index (χ1) is 9.69. The highest BCUT2D eigenvalue weighted by Crippen LogP contribution is 2.33. The van der Waals surface area contributed by atoms with E-state index in [1.54, 1.807) is 41.2 Å². The molecule has 0 amide bonds. The second kappa shape index (κ2) is 4.82. The van der Waals surface area contributed by atoms with E-state index in [1.807, 2.05) is 6.07 Å². The van der Waals surface area contributed by atoms with Gasteiger partial charge in [-0.1, -0.05) is 12.1 Å². The van der Waals surface area contributed by atoms with E-state index < -0.39 is 0 Å². The Kier molecular flexibility index (Phi) is 2.99. The van der Waals surface area contributed by atoms with Gasteiger partial charge in [-0.25, -0.2) is 4.79 Å². The lowest BCUT2D eigenvalue weighted by Gasteiger charge is -2.02. The lowest BCUT2D eigenvalue weighted by Crippen LogP contribution is -2.26. The molecule has 20 heavy (non-hydrogen) atoms. The van der Waals surface area contributed by atoms with Crippen LogP contribution in [0.2, 0.25) is 0 Å². The molecule has 0 N–H and O–H groups in total. The van der Waals surface area contributed by atoms with Crippen LogP contribution in [-0.4, -0.2) is 14.9 Å². The van der Waals surface area contributed by atoms with E-state index in [1.165, 1.54) is 4.57 Å². The third-order valence-corrected chi connectivity index (χ3v) is 3.46. The Morgan fingerprint density at radius 3 is 2.55 bits per heavy atom. The number of Topliss-reactive ketones (excluding diaryl/α,β-unsaturated/α-hetero) is 1. The number of hydrogen-bond donors (Lipinski definition) is 0. The van der Waals surface area contributed by atoms with Crippen molar-refractivity contribution in [2.24, 2.45) is 0 Å². The summed E-state index contributed by atoms with van der Waals surface area (Å²) in [5.74, 6) is -0.134. The van der Waals surface area contributed by atoms with Gasteiger partial charge in [0.05, 0.1) is 18.2 Å². The van der Waals surface area contributed by atoms with Crippen molar-refractivity contribution >= 4 is 5.78 Å². The number of ketones is 1. The first-order valence-corrected chi connectivity index (χ1v) is 6.49. The molecule has 100 valence electrons. The van der Waals surface area contributed by atoms with Crippen LogP contribution in [0.4, 0.5) is 0 Å². The number of nitrogens with zero attached hydrogens (tertiary/aromatic N) is 3. The number of imidazole rings is 1. The highest BCUT2D eigenvalue weighted by molar-refractivity contribution is 5.95. The van der Waals surface area contributed by atoms with Crippen LogP contribution < -0.4 is 5.69 Å². The topological polar surface area (TPSA) is 67.8 Å². The van der Waals surface area contributed by atoms with Crippen LogP contribution in [0.3, 0.4) is 0 Å². The minimum atomic E-state index is -0.134. The Morgan fingerprint density at radius 2 is 1.95 bits per heavy atom. The molecule has 0 unspecified atom stereocenters. The van der Waals surface area contributed by atoms with Crippen LogP contribution in [-0.2, 0) is 6.54 Å². The number of rotatable bonds is 4. The molecule has 1 fully saturated rings. The first kappa shape index (κ1) is 12.4. The van der Waals surface area contributed by atoms with Gasteiger partial charge in [-0.15, -0.1) is 0 Å². The Hall–Kier alpha value is -2.61. The molecule has 1 heterocycles. The average Bonchev–Trinajstić information content (AvgIpc) is 3.25. The zero-order chi connectivity index (χ0) is 14.1. The van der Waals surface area contributed by atoms with Crippen LogP contribution in [0.25, 0.3) is 0 Å². The summed E-state index contributed by atoms with van der Waals surface area (Å²) in [6, 6.07) is 8.75. The normalized spacial score (nSPS) is 13.9. The van der Waals surface area contributed by atoms with Crippen molar-refractivity contribution in [1.29, 1.82) is 5.26 Å². The van der Waals surface area contributed by atoms with Crippen molar-refractivity contribution < 1.29 is 4.79 Å². The molecule has 0 aliphatic heterocycles. The highest BCUT2D eigenvalue weighted by Gasteiger charge is 2.25. The number of benzene rings is 1. The van der Waals surface area contributed by atoms with Crippen LogP contribution in [0, 0.1) is 11.3 Å². The number of carbonyl (C=O) groups excluding carboxylic acids is 1. The fraction of sp³-hybridized carbons (Fsp3) is 0.267. The van der Waals surface area contributed by atoms with Crippen molar-refractivity contribution in [3.05, 3.63) is 58.3 Å². The Morgan fingerprint density at radius 1 is 1.25 bits per heavy atom. The minimum absolute atomic E-state index is 0.0322. The second-order valence-electron chi connectivity index (χ2n) is 4.96. The molecule has 5 nitrogen and oxygen atoms in total. The summed E-state index contributed by atoms with van der Waals surface area (Å²) in [7, 11) is 0. The van der Waals surface area contributed by atoms with Crippen LogP contribution >= 0.6 is 0 Å². The predicted molar refractivity (Wildman–Crippen MR) is 72.5 cm³/mol. The van der Waals surface area contributed by atoms with Crippen molar-refractivity contribution in [1.82, 2.24) is 9.13 Å². The number of aromatic nitrogens is 2. The summed E-state index contributed by atoms with van der Waals surface area (Å²) < 4.78 is 3.12. The summed E-state index contributed by atoms with van der Waals surface area (Å²) in [4.78, 5) is 24.2. The fourth-order valence-electron chi connectivity index (χ4n) is 2.16. The second-order valence-corrected chi connectivity index (χ2v) is 4.96. The molecule has 1 aliphatic carbocycles. The quantitative estimate of drug-likeness (QED) is 0.792. The minimum Gasteiger partial charge on any atom is -0.296 e. The molecule has 0 atom stereocenters. The van der Waals surface area contributed by atoms with E-state index in [0.29, 0.717) is 17.2 Å². The average molecular weight is 267 g/mol. The molecule has 0 radical (unpaired) electrons. The molecule has 0 spiro atoms. The van der Waals surface area contributed by atoms with Gasteiger partial charge in [-0.05, 0) is 25.0 Å². The summed E-state index contributed by atoms with van der Waals surface area (Å²) in [6.45, 7) is 0.0322. The molecule has 0 bridgehead atoms. The smallest absolute Gasteiger partial charge is 0.296 e. The summed E-state index contributed by atoms with van der Waals surface area (Å²) >= 11 is 0. The van der Waals surface area contributed by atoms with Crippen LogP contribution in [0.5, 0.6) is 0 Å². The fourth-order valence-corrected chi connectivity index (χ4v) is 2.16. The molecule has 1 aromatic carbocycles. The first-order valence-electron chi connectivity index (χ1n) is 6.49. The summed E-state index contributed by atoms with van der Waals surface area (Å²) in [5, 5.41) is 8.72. The maximum atomic E-state index is 12.1. The van der Waals surface area contributed by atoms with Gasteiger partial charge in [0, 0.05) is 24.0 Å². The van der Waals surface area contributed by atoms with E-state index in [9.17, 15) is 9.59 Å². The lowest BCUT2D eigenvalue weighted by molar-refractivity contribution is 0.0970. The van der Waals surface area contributed by atoms with Gasteiger partial charge >= 0.3 is 5.69 Å². The van der Waals surface area contributed by atoms with Crippen molar-refractivity contribution in [2.75, 3.05) is 0 Å². The van der Waals surface area contributed by atoms with Gasteiger partial charge in [0.2, 0.25) is 0 Å². The molecular formula is C15H13N3O2. The molecule has 1 aromatic heterocycles. The molecule has 1 saturated carbocycles. The third kappa shape index (κ3) is 2.28. The standard InChI is InChI=1S/C15H13N3O2/c16-9-11-1-3-12(4-2-11)14(19)10-17-7-8-18(15(17)20)13-5-6-13/h1-4,7-8,13H,5-6,10H2. The molecule has 0 saturated heterocycles. The van der Waals surface area contributed by atoms with Gasteiger partial charge in [-0.3, -0.25) is 13.9 Å². The maximum absolute atomic E-state index is 12.1. The zero-order valence-corrected chi connectivity index (χ0v) is 10.8. The molecule has 2 aromatic rings. The number of nitriles is 1. The van der Waals surface area contributed by atoms with Gasteiger partial charge in [0.15, 0.2) is 5.78 Å². The van der Waals surface area contributed by atoms with Gasteiger partial charge in [-0.2, -0.15) is 5.26 Å². The maximum Gasteiger partial charge on any atom is 0.328 e. The van der Waals surface area contributed by atoms with Crippen molar-refractivity contribution in [3.63, 3.8) is 0 Å². The molecule has 5 heteroatoms. The summed E-state index contributed by atoms with van der Waals surface area (Å²) in [6.07, 6.45) is 5.47. The van der Waals surface area contributed by atoms with E-state index in [4.69, 9.17) is 5.26 Å². The number of hydrogen-bond acceptors (Lipinski definition) is 3. The van der Waals surface area contributed by atoms with Crippen molar-refractivity contribution in [2.45, 2.75) is 25.4 Å². The van der Waals surface area contributed by atoms with Gasteiger partial charge in [0.25, 0.3) is 0 Å². The van der Waals surface area contributed by atoms with E-state index in [2.05, 4.69) is 0 Å². The van der Waals surface area contributed by atoms with Crippen molar-refractivity contribution in [3.8, 4) is 6.07 Å². The summed E-state index contributed by atoms with van der Waals surface area (Å²) in [5.41, 5.74) is 0.892. The Labute approximate surface area is 115 Å².